The predicted octanol–water partition coefficient (Wildman–Crippen LogP) is -1.97. The molecule has 0 aliphatic heterocycles. The summed E-state index contributed by atoms with van der Waals surface area (Å²) < 4.78 is 0. The van der Waals surface area contributed by atoms with Gasteiger partial charge >= 0.3 is 51.4 Å². The largest absolute Gasteiger partial charge is 1.00 e. The number of rotatable bonds is 0. The van der Waals surface area contributed by atoms with E-state index in [0.717, 1.165) is 9.12 Å². The molecule has 0 atom stereocenters. The molecule has 1 rings (SSSR count). The van der Waals surface area contributed by atoms with Gasteiger partial charge in [0.15, 0.2) is 0 Å². The Kier molecular flexibility index (Phi) is 6.26. The third kappa shape index (κ3) is 3.76. The van der Waals surface area contributed by atoms with E-state index in [1.54, 1.807) is 0 Å². The Hall–Kier alpha value is 1.20. The second-order valence-corrected chi connectivity index (χ2v) is 2.08. The smallest absolute Gasteiger partial charge is 0.416 e. The molecule has 1 aromatic heterocycles. The maximum atomic E-state index is 2.15. The quantitative estimate of drug-likeness (QED) is 0.359. The molecule has 7 heavy (non-hydrogen) atoms. The Balaban J connectivity index is 0.000000360. The van der Waals surface area contributed by atoms with Crippen molar-refractivity contribution in [3.05, 3.63) is 29.6 Å². The van der Waals surface area contributed by atoms with E-state index >= 15 is 0 Å². The molecule has 0 radical (unpaired) electrons. The minimum absolute atomic E-state index is 0. The molecule has 1 aromatic rings. The molecule has 0 amide bonds. The van der Waals surface area contributed by atoms with Crippen molar-refractivity contribution in [2.45, 2.75) is 0 Å². The third-order valence-corrected chi connectivity index (χ3v) is 1.38. The van der Waals surface area contributed by atoms with E-state index in [2.05, 4.69) is 23.5 Å². The summed E-state index contributed by atoms with van der Waals surface area (Å²) in [6.45, 7) is 0. The van der Waals surface area contributed by atoms with Gasteiger partial charge in [0.05, 0.1) is 0 Å². The van der Waals surface area contributed by atoms with E-state index in [9.17, 15) is 0 Å². The minimum Gasteiger partial charge on any atom is -0.416 e. The third-order valence-electron chi connectivity index (χ3n) is 0.607. The van der Waals surface area contributed by atoms with E-state index in [0.29, 0.717) is 0 Å². The summed E-state index contributed by atoms with van der Waals surface area (Å²) in [6, 6.07) is 6.17. The van der Waals surface area contributed by atoms with E-state index in [-0.39, 0.29) is 51.4 Å². The summed E-state index contributed by atoms with van der Waals surface area (Å²) in [6.07, 6.45) is 0. The first kappa shape index (κ1) is 8.20. The Morgan fingerprint density at radius 3 is 1.57 bits per heavy atom. The summed E-state index contributed by atoms with van der Waals surface area (Å²) in [4.78, 5) is 0. The fourth-order valence-electron chi connectivity index (χ4n) is 0.342. The molecule has 0 N–H and O–H groups in total. The van der Waals surface area contributed by atoms with Crippen LogP contribution in [-0.2, 0) is 0 Å². The van der Waals surface area contributed by atoms with Gasteiger partial charge in [-0.05, 0) is 0 Å². The fourth-order valence-corrected chi connectivity index (χ4v) is 0.897. The molecule has 0 bridgehead atoms. The van der Waals surface area contributed by atoms with E-state index in [4.69, 9.17) is 0 Å². The van der Waals surface area contributed by atoms with Crippen molar-refractivity contribution in [2.24, 2.45) is 0 Å². The van der Waals surface area contributed by atoms with Gasteiger partial charge < -0.3 is 9.12 Å². The van der Waals surface area contributed by atoms with Gasteiger partial charge in [-0.25, -0.2) is 0 Å². The van der Waals surface area contributed by atoms with Crippen molar-refractivity contribution in [3.8, 4) is 0 Å². The fraction of sp³-hybridized carbons (Fsp3) is 0. The molecule has 2 heteroatoms. The zero-order chi connectivity index (χ0) is 4.24. The first-order chi connectivity index (χ1) is 3.00. The molecular formula is C5H5KSi. The standard InChI is InChI=1S/C5H5Si.K/c1-2-4-6-5-3-1;/h1-5H;/q-1;+1. The summed E-state index contributed by atoms with van der Waals surface area (Å²) in [5.74, 6) is 0. The summed E-state index contributed by atoms with van der Waals surface area (Å²) in [7, 11) is 0.909. The van der Waals surface area contributed by atoms with Crippen LogP contribution in [0.3, 0.4) is 0 Å². The molecule has 0 aliphatic carbocycles. The van der Waals surface area contributed by atoms with Gasteiger partial charge in [-0.3, -0.25) is 11.4 Å². The SMILES string of the molecule is [K+].c1cc[si-]cc1. The molecule has 0 unspecified atom stereocenters. The number of hydrogen-bond donors (Lipinski definition) is 0. The average Bonchev–Trinajstić information content (AvgIpc) is 1.72. The van der Waals surface area contributed by atoms with Gasteiger partial charge in [0.2, 0.25) is 0 Å². The van der Waals surface area contributed by atoms with Crippen LogP contribution >= 0.6 is 0 Å². The Morgan fingerprint density at radius 2 is 1.43 bits per heavy atom. The monoisotopic (exact) mass is 132 g/mol. The van der Waals surface area contributed by atoms with Gasteiger partial charge in [-0.1, -0.05) is 6.07 Å². The van der Waals surface area contributed by atoms with Crippen LogP contribution < -0.4 is 51.4 Å². The van der Waals surface area contributed by atoms with Crippen LogP contribution in [0.4, 0.5) is 0 Å². The molecule has 0 fully saturated rings. The predicted molar refractivity (Wildman–Crippen MR) is 27.8 cm³/mol. The molecule has 0 aliphatic rings. The average molecular weight is 132 g/mol. The zero-order valence-electron chi connectivity index (χ0n) is 4.39. The summed E-state index contributed by atoms with van der Waals surface area (Å²) in [5.41, 5.74) is 4.31. The molecule has 1 heterocycles. The molecule has 0 nitrogen and oxygen atoms in total. The van der Waals surface area contributed by atoms with E-state index in [1.807, 2.05) is 6.07 Å². The summed E-state index contributed by atoms with van der Waals surface area (Å²) >= 11 is 0. The van der Waals surface area contributed by atoms with Crippen molar-refractivity contribution < 1.29 is 51.4 Å². The van der Waals surface area contributed by atoms with Crippen LogP contribution in [0, 0.1) is 0 Å². The van der Waals surface area contributed by atoms with Gasteiger partial charge in [0.25, 0.3) is 0 Å². The van der Waals surface area contributed by atoms with Crippen molar-refractivity contribution in [2.75, 3.05) is 0 Å². The Morgan fingerprint density at radius 1 is 0.857 bits per heavy atom. The Bertz CT molecular complexity index is 80.0. The molecule has 0 saturated carbocycles. The van der Waals surface area contributed by atoms with Gasteiger partial charge in [0, 0.05) is 0 Å². The maximum Gasteiger partial charge on any atom is 1.00 e. The van der Waals surface area contributed by atoms with E-state index in [1.165, 1.54) is 0 Å². The van der Waals surface area contributed by atoms with Crippen molar-refractivity contribution in [3.63, 3.8) is 0 Å². The maximum absolute atomic E-state index is 2.15. The molecular weight excluding hydrogens is 127 g/mol. The molecule has 0 saturated heterocycles. The van der Waals surface area contributed by atoms with Gasteiger partial charge in [-0.15, -0.1) is 12.1 Å². The van der Waals surface area contributed by atoms with Crippen molar-refractivity contribution in [1.82, 2.24) is 0 Å². The topological polar surface area (TPSA) is 0 Å². The second kappa shape index (κ2) is 5.34. The van der Waals surface area contributed by atoms with Crippen LogP contribution in [0.1, 0.15) is 0 Å². The van der Waals surface area contributed by atoms with Crippen LogP contribution in [-0.4, -0.2) is 9.12 Å². The molecule has 0 spiro atoms. The minimum atomic E-state index is 0. The normalized spacial score (nSPS) is 6.86. The molecule has 0 aromatic carbocycles. The second-order valence-electron chi connectivity index (χ2n) is 1.08. The molecule has 30 valence electrons. The van der Waals surface area contributed by atoms with Gasteiger partial charge in [0.1, 0.15) is 0 Å². The summed E-state index contributed by atoms with van der Waals surface area (Å²) in [5, 5.41) is 0. The van der Waals surface area contributed by atoms with Crippen LogP contribution in [0.25, 0.3) is 0 Å². The van der Waals surface area contributed by atoms with Crippen LogP contribution in [0.2, 0.25) is 0 Å². The van der Waals surface area contributed by atoms with Crippen LogP contribution in [0.15, 0.2) is 29.6 Å². The number of hydrogen-bond acceptors (Lipinski definition) is 0. The zero-order valence-corrected chi connectivity index (χ0v) is 8.51. The van der Waals surface area contributed by atoms with Crippen molar-refractivity contribution >= 4 is 9.12 Å². The van der Waals surface area contributed by atoms with Crippen molar-refractivity contribution in [1.29, 1.82) is 0 Å². The first-order valence-electron chi connectivity index (χ1n) is 1.91. The van der Waals surface area contributed by atoms with Gasteiger partial charge in [-0.2, -0.15) is 0 Å². The van der Waals surface area contributed by atoms with E-state index < -0.39 is 0 Å². The Labute approximate surface area is 88.5 Å². The van der Waals surface area contributed by atoms with Crippen LogP contribution in [0.5, 0.6) is 0 Å². The first-order valence-corrected chi connectivity index (χ1v) is 3.07.